The molecule has 2 aromatic rings. The Balaban J connectivity index is 1.46. The van der Waals surface area contributed by atoms with E-state index < -0.39 is 0 Å². The van der Waals surface area contributed by atoms with E-state index in [9.17, 15) is 9.59 Å². The molecule has 4 heteroatoms. The van der Waals surface area contributed by atoms with Crippen LogP contribution in [0.1, 0.15) is 44.1 Å². The number of aryl methyl sites for hydroxylation is 1. The maximum absolute atomic E-state index is 12.3. The van der Waals surface area contributed by atoms with Crippen molar-refractivity contribution in [1.29, 1.82) is 0 Å². The van der Waals surface area contributed by atoms with Crippen LogP contribution in [0.25, 0.3) is 0 Å². The lowest BCUT2D eigenvalue weighted by Crippen LogP contribution is -2.24. The Morgan fingerprint density at radius 2 is 1.42 bits per heavy atom. The van der Waals surface area contributed by atoms with Crippen molar-refractivity contribution in [2.45, 2.75) is 44.9 Å². The second-order valence-electron chi connectivity index (χ2n) is 6.94. The molecule has 1 aliphatic rings. The maximum atomic E-state index is 12.3. The van der Waals surface area contributed by atoms with Crippen LogP contribution in [0.4, 0.5) is 11.4 Å². The Labute approximate surface area is 155 Å². The highest BCUT2D eigenvalue weighted by atomic mass is 16.2. The van der Waals surface area contributed by atoms with Gasteiger partial charge in [0.15, 0.2) is 0 Å². The van der Waals surface area contributed by atoms with E-state index >= 15 is 0 Å². The highest BCUT2D eigenvalue weighted by molar-refractivity contribution is 5.94. The topological polar surface area (TPSA) is 58.2 Å². The fraction of sp³-hybridized carbons (Fsp3) is 0.364. The second-order valence-corrected chi connectivity index (χ2v) is 6.94. The minimum absolute atomic E-state index is 0.00663. The standard InChI is InChI=1S/C22H26N2O2/c25-21(16-11-17-7-3-1-4-8-17)23-19-12-14-20(15-13-19)24-22(26)18-9-5-2-6-10-18/h1,3-4,7-8,12-15,18H,2,5-6,9-11,16H2,(H,23,25)(H,24,26). The van der Waals surface area contributed by atoms with E-state index in [1.54, 1.807) is 0 Å². The summed E-state index contributed by atoms with van der Waals surface area (Å²) in [4.78, 5) is 24.3. The number of hydrogen-bond donors (Lipinski definition) is 2. The van der Waals surface area contributed by atoms with E-state index in [0.29, 0.717) is 6.42 Å². The molecule has 0 atom stereocenters. The Kier molecular flexibility index (Phi) is 6.42. The van der Waals surface area contributed by atoms with Crippen molar-refractivity contribution in [3.8, 4) is 0 Å². The molecule has 0 saturated heterocycles. The van der Waals surface area contributed by atoms with E-state index in [4.69, 9.17) is 0 Å². The number of nitrogens with one attached hydrogen (secondary N) is 2. The van der Waals surface area contributed by atoms with Gasteiger partial charge >= 0.3 is 0 Å². The Hall–Kier alpha value is -2.62. The lowest BCUT2D eigenvalue weighted by atomic mass is 9.88. The van der Waals surface area contributed by atoms with Crippen LogP contribution in [0, 0.1) is 5.92 Å². The summed E-state index contributed by atoms with van der Waals surface area (Å²) in [5.74, 6) is 0.248. The van der Waals surface area contributed by atoms with Crippen molar-refractivity contribution in [3.05, 3.63) is 60.2 Å². The van der Waals surface area contributed by atoms with Crippen molar-refractivity contribution < 1.29 is 9.59 Å². The molecule has 1 saturated carbocycles. The predicted octanol–water partition coefficient (Wildman–Crippen LogP) is 4.78. The van der Waals surface area contributed by atoms with Crippen molar-refractivity contribution >= 4 is 23.2 Å². The molecule has 0 radical (unpaired) electrons. The summed E-state index contributed by atoms with van der Waals surface area (Å²) >= 11 is 0. The first-order valence-electron chi connectivity index (χ1n) is 9.45. The summed E-state index contributed by atoms with van der Waals surface area (Å²) in [6, 6.07) is 17.3. The van der Waals surface area contributed by atoms with Gasteiger partial charge in [-0.05, 0) is 49.1 Å². The smallest absolute Gasteiger partial charge is 0.227 e. The van der Waals surface area contributed by atoms with Crippen LogP contribution in [0.2, 0.25) is 0 Å². The average Bonchev–Trinajstić information content (AvgIpc) is 2.69. The van der Waals surface area contributed by atoms with Gasteiger partial charge in [0.05, 0.1) is 0 Å². The van der Waals surface area contributed by atoms with Crippen molar-refractivity contribution in [2.24, 2.45) is 5.92 Å². The van der Waals surface area contributed by atoms with Crippen LogP contribution < -0.4 is 10.6 Å². The maximum Gasteiger partial charge on any atom is 0.227 e. The minimum atomic E-state index is -0.00663. The highest BCUT2D eigenvalue weighted by Gasteiger charge is 2.20. The lowest BCUT2D eigenvalue weighted by Gasteiger charge is -2.20. The molecule has 2 N–H and O–H groups in total. The molecule has 26 heavy (non-hydrogen) atoms. The largest absolute Gasteiger partial charge is 0.326 e. The summed E-state index contributed by atoms with van der Waals surface area (Å²) in [7, 11) is 0. The normalized spacial score (nSPS) is 14.6. The molecule has 0 aromatic heterocycles. The molecular weight excluding hydrogens is 324 g/mol. The number of rotatable bonds is 6. The number of carbonyl (C=O) groups excluding carboxylic acids is 2. The second kappa shape index (κ2) is 9.18. The van der Waals surface area contributed by atoms with Gasteiger partial charge in [0.2, 0.25) is 11.8 Å². The molecule has 0 aliphatic heterocycles. The molecule has 0 spiro atoms. The zero-order chi connectivity index (χ0) is 18.2. The molecular formula is C22H26N2O2. The van der Waals surface area contributed by atoms with Gasteiger partial charge in [0.1, 0.15) is 0 Å². The van der Waals surface area contributed by atoms with Crippen molar-refractivity contribution in [1.82, 2.24) is 0 Å². The Morgan fingerprint density at radius 1 is 0.808 bits per heavy atom. The first-order valence-corrected chi connectivity index (χ1v) is 9.45. The molecule has 2 amide bonds. The number of anilines is 2. The molecule has 136 valence electrons. The van der Waals surface area contributed by atoms with E-state index in [-0.39, 0.29) is 17.7 Å². The van der Waals surface area contributed by atoms with E-state index in [1.165, 1.54) is 6.42 Å². The van der Waals surface area contributed by atoms with E-state index in [1.807, 2.05) is 54.6 Å². The fourth-order valence-electron chi connectivity index (χ4n) is 3.37. The van der Waals surface area contributed by atoms with Crippen LogP contribution in [-0.2, 0) is 16.0 Å². The van der Waals surface area contributed by atoms with E-state index in [0.717, 1.165) is 49.0 Å². The number of benzene rings is 2. The van der Waals surface area contributed by atoms with Gasteiger partial charge in [-0.15, -0.1) is 0 Å². The molecule has 0 heterocycles. The van der Waals surface area contributed by atoms with Crippen molar-refractivity contribution in [2.75, 3.05) is 10.6 Å². The number of hydrogen-bond acceptors (Lipinski definition) is 2. The first kappa shape index (κ1) is 18.2. The molecule has 1 aliphatic carbocycles. The van der Waals surface area contributed by atoms with Gasteiger partial charge in [0.25, 0.3) is 0 Å². The Bertz CT molecular complexity index is 720. The van der Waals surface area contributed by atoms with Crippen LogP contribution in [0.5, 0.6) is 0 Å². The summed E-state index contributed by atoms with van der Waals surface area (Å²) < 4.78 is 0. The summed E-state index contributed by atoms with van der Waals surface area (Å²) in [6.45, 7) is 0. The quantitative estimate of drug-likeness (QED) is 0.788. The van der Waals surface area contributed by atoms with Gasteiger partial charge in [-0.3, -0.25) is 9.59 Å². The van der Waals surface area contributed by atoms with Crippen LogP contribution in [0.15, 0.2) is 54.6 Å². The number of carbonyl (C=O) groups is 2. The minimum Gasteiger partial charge on any atom is -0.326 e. The third kappa shape index (κ3) is 5.45. The SMILES string of the molecule is O=C(CCc1ccccc1)Nc1ccc(NC(=O)C2CCCCC2)cc1. The summed E-state index contributed by atoms with van der Waals surface area (Å²) in [5, 5.41) is 5.89. The molecule has 0 bridgehead atoms. The third-order valence-electron chi connectivity index (χ3n) is 4.90. The van der Waals surface area contributed by atoms with Crippen LogP contribution in [-0.4, -0.2) is 11.8 Å². The fourth-order valence-corrected chi connectivity index (χ4v) is 3.37. The van der Waals surface area contributed by atoms with Crippen LogP contribution in [0.3, 0.4) is 0 Å². The van der Waals surface area contributed by atoms with Crippen molar-refractivity contribution in [3.63, 3.8) is 0 Å². The monoisotopic (exact) mass is 350 g/mol. The molecule has 1 fully saturated rings. The van der Waals surface area contributed by atoms with Crippen LogP contribution >= 0.6 is 0 Å². The lowest BCUT2D eigenvalue weighted by molar-refractivity contribution is -0.120. The molecule has 2 aromatic carbocycles. The van der Waals surface area contributed by atoms with E-state index in [2.05, 4.69) is 10.6 Å². The zero-order valence-corrected chi connectivity index (χ0v) is 15.0. The van der Waals surface area contributed by atoms with Gasteiger partial charge in [-0.2, -0.15) is 0 Å². The molecule has 3 rings (SSSR count). The zero-order valence-electron chi connectivity index (χ0n) is 15.0. The molecule has 4 nitrogen and oxygen atoms in total. The average molecular weight is 350 g/mol. The predicted molar refractivity (Wildman–Crippen MR) is 105 cm³/mol. The van der Waals surface area contributed by atoms with Gasteiger partial charge in [-0.25, -0.2) is 0 Å². The van der Waals surface area contributed by atoms with Gasteiger partial charge in [-0.1, -0.05) is 49.6 Å². The summed E-state index contributed by atoms with van der Waals surface area (Å²) in [5.41, 5.74) is 2.69. The van der Waals surface area contributed by atoms with Gasteiger partial charge < -0.3 is 10.6 Å². The molecule has 0 unspecified atom stereocenters. The highest BCUT2D eigenvalue weighted by Crippen LogP contribution is 2.25. The Morgan fingerprint density at radius 3 is 2.08 bits per heavy atom. The third-order valence-corrected chi connectivity index (χ3v) is 4.90. The number of amides is 2. The van der Waals surface area contributed by atoms with Gasteiger partial charge in [0, 0.05) is 23.7 Å². The summed E-state index contributed by atoms with van der Waals surface area (Å²) in [6.07, 6.45) is 6.68. The first-order chi connectivity index (χ1) is 12.7.